The second-order valence-electron chi connectivity index (χ2n) is 13.8. The van der Waals surface area contributed by atoms with E-state index in [1.807, 2.05) is 80.6 Å². The van der Waals surface area contributed by atoms with Crippen molar-refractivity contribution in [2.75, 3.05) is 19.7 Å². The second-order valence-corrected chi connectivity index (χ2v) is 13.8. The number of hydrogen-bond donors (Lipinski definition) is 2. The standard InChI is InChI=1S/C37H42N6O7/c1-23(2)19-25(21-44)43-33-35(47)41(22-42-27-14-9-8-13-26(27)39-40-42)18-10-4-7-15-30(45)38-20-29(24-11-5-3-6-12-24)49-36(48)31-28-16-17-37(33,50-28)32(31)34(43)46/h3-6,8-14,16-17,23,25,28-29,31-33,44H,7,15,18-22H2,1-2H3,(H,38,45)/b10-4-/t25-,28+,29+,31-,32-,33+,37-/m1/s1. The minimum atomic E-state index is -1.47. The first-order valence-electron chi connectivity index (χ1n) is 17.3. The van der Waals surface area contributed by atoms with Gasteiger partial charge in [-0.15, -0.1) is 5.10 Å². The van der Waals surface area contributed by atoms with Crippen molar-refractivity contribution < 1.29 is 33.8 Å². The molecule has 5 bridgehead atoms. The number of fused-ring (bicyclic) bond motifs is 3. The normalized spacial score (nSPS) is 29.8. The molecule has 3 aromatic rings. The Morgan fingerprint density at radius 1 is 1.02 bits per heavy atom. The number of benzene rings is 2. The van der Waals surface area contributed by atoms with Gasteiger partial charge in [-0.3, -0.25) is 19.2 Å². The first-order chi connectivity index (χ1) is 24.2. The minimum Gasteiger partial charge on any atom is -0.455 e. The lowest BCUT2D eigenvalue weighted by Crippen LogP contribution is -2.58. The fourth-order valence-electron chi connectivity index (χ4n) is 7.89. The van der Waals surface area contributed by atoms with Gasteiger partial charge in [-0.2, -0.15) is 0 Å². The Morgan fingerprint density at radius 2 is 1.80 bits per heavy atom. The zero-order chi connectivity index (χ0) is 35.0. The number of hydrogen-bond acceptors (Lipinski definition) is 9. The molecule has 0 radical (unpaired) electrons. The molecular weight excluding hydrogens is 640 g/mol. The lowest BCUT2D eigenvalue weighted by atomic mass is 9.74. The maximum atomic E-state index is 15.1. The van der Waals surface area contributed by atoms with Crippen LogP contribution in [0.3, 0.4) is 0 Å². The molecule has 13 nitrogen and oxygen atoms in total. The van der Waals surface area contributed by atoms with Gasteiger partial charge in [0.2, 0.25) is 11.8 Å². The molecule has 1 spiro atoms. The highest BCUT2D eigenvalue weighted by Crippen LogP contribution is 2.56. The van der Waals surface area contributed by atoms with Gasteiger partial charge in [0.15, 0.2) is 0 Å². The van der Waals surface area contributed by atoms with Crippen molar-refractivity contribution >= 4 is 34.7 Å². The number of aliphatic hydroxyl groups excluding tert-OH is 1. The molecule has 0 saturated carbocycles. The van der Waals surface area contributed by atoms with Crippen LogP contribution in [0.2, 0.25) is 0 Å². The van der Waals surface area contributed by atoms with Crippen molar-refractivity contribution in [3.8, 4) is 0 Å². The average molecular weight is 683 g/mol. The zero-order valence-electron chi connectivity index (χ0n) is 28.1. The van der Waals surface area contributed by atoms with Gasteiger partial charge in [0.25, 0.3) is 5.91 Å². The molecule has 50 heavy (non-hydrogen) atoms. The van der Waals surface area contributed by atoms with E-state index in [4.69, 9.17) is 9.47 Å². The number of carbonyl (C=O) groups is 4. The van der Waals surface area contributed by atoms with Crippen LogP contribution in [0.25, 0.3) is 11.0 Å². The van der Waals surface area contributed by atoms with E-state index in [-0.39, 0.29) is 44.6 Å². The van der Waals surface area contributed by atoms with Crippen LogP contribution in [0.4, 0.5) is 0 Å². The number of esters is 1. The summed E-state index contributed by atoms with van der Waals surface area (Å²) in [4.78, 5) is 59.9. The highest BCUT2D eigenvalue weighted by molar-refractivity contribution is 5.99. The number of rotatable bonds is 7. The molecule has 0 unspecified atom stereocenters. The third-order valence-electron chi connectivity index (χ3n) is 10.1. The van der Waals surface area contributed by atoms with Crippen LogP contribution in [0.1, 0.15) is 44.8 Å². The van der Waals surface area contributed by atoms with Crippen molar-refractivity contribution in [1.29, 1.82) is 0 Å². The van der Waals surface area contributed by atoms with Gasteiger partial charge in [0, 0.05) is 13.0 Å². The molecule has 1 aromatic heterocycles. The molecule has 2 fully saturated rings. The van der Waals surface area contributed by atoms with E-state index < -0.39 is 59.5 Å². The fourth-order valence-corrected chi connectivity index (χ4v) is 7.89. The summed E-state index contributed by atoms with van der Waals surface area (Å²) in [5.74, 6) is -3.75. The Balaban J connectivity index is 1.31. The summed E-state index contributed by atoms with van der Waals surface area (Å²) in [6.07, 6.45) is 6.56. The Morgan fingerprint density at radius 3 is 2.58 bits per heavy atom. The average Bonchev–Trinajstić information content (AvgIpc) is 3.87. The quantitative estimate of drug-likeness (QED) is 0.283. The number of likely N-dealkylation sites (tertiary alicyclic amines) is 1. The Bertz CT molecular complexity index is 1820. The molecule has 7 rings (SSSR count). The second kappa shape index (κ2) is 13.8. The van der Waals surface area contributed by atoms with Gasteiger partial charge in [-0.25, -0.2) is 4.68 Å². The number of carbonyl (C=O) groups excluding carboxylic acids is 4. The van der Waals surface area contributed by atoms with Crippen LogP contribution in [-0.4, -0.2) is 97.1 Å². The summed E-state index contributed by atoms with van der Waals surface area (Å²) >= 11 is 0. The number of amides is 3. The predicted octanol–water partition coefficient (Wildman–Crippen LogP) is 2.53. The number of ether oxygens (including phenoxy) is 2. The van der Waals surface area contributed by atoms with E-state index in [1.165, 1.54) is 4.90 Å². The summed E-state index contributed by atoms with van der Waals surface area (Å²) in [5.41, 5.74) is 0.608. The van der Waals surface area contributed by atoms with Gasteiger partial charge in [-0.1, -0.05) is 85.8 Å². The molecule has 262 valence electrons. The van der Waals surface area contributed by atoms with Crippen molar-refractivity contribution in [2.45, 2.75) is 69.7 Å². The zero-order valence-corrected chi connectivity index (χ0v) is 28.1. The van der Waals surface area contributed by atoms with Crippen molar-refractivity contribution in [2.24, 2.45) is 17.8 Å². The van der Waals surface area contributed by atoms with Crippen LogP contribution in [0, 0.1) is 17.8 Å². The lowest BCUT2D eigenvalue weighted by Gasteiger charge is -2.39. The van der Waals surface area contributed by atoms with Gasteiger partial charge in [-0.05, 0) is 36.5 Å². The van der Waals surface area contributed by atoms with Crippen LogP contribution in [0.5, 0.6) is 0 Å². The molecule has 3 amide bonds. The van der Waals surface area contributed by atoms with E-state index in [2.05, 4.69) is 15.6 Å². The summed E-state index contributed by atoms with van der Waals surface area (Å²) in [7, 11) is 0. The molecule has 13 heteroatoms. The Hall–Kier alpha value is -4.88. The molecular formula is C37H42N6O7. The first kappa shape index (κ1) is 33.6. The van der Waals surface area contributed by atoms with Gasteiger partial charge in [0.1, 0.15) is 35.9 Å². The highest BCUT2D eigenvalue weighted by Gasteiger charge is 2.74. The summed E-state index contributed by atoms with van der Waals surface area (Å²) < 4.78 is 14.3. The number of para-hydroxylation sites is 1. The highest BCUT2D eigenvalue weighted by atomic mass is 16.6. The van der Waals surface area contributed by atoms with Crippen molar-refractivity contribution in [1.82, 2.24) is 30.1 Å². The number of nitrogens with one attached hydrogen (secondary N) is 1. The van der Waals surface area contributed by atoms with Crippen molar-refractivity contribution in [3.05, 3.63) is 84.5 Å². The number of aromatic nitrogens is 3. The molecule has 2 saturated heterocycles. The van der Waals surface area contributed by atoms with Crippen LogP contribution in [0.15, 0.2) is 78.9 Å². The van der Waals surface area contributed by atoms with Crippen LogP contribution >= 0.6 is 0 Å². The Kier molecular flexibility index (Phi) is 9.27. The minimum absolute atomic E-state index is 0.00872. The van der Waals surface area contributed by atoms with Gasteiger partial charge < -0.3 is 29.7 Å². The smallest absolute Gasteiger partial charge is 0.313 e. The SMILES string of the molecule is CC(C)C[C@H](CO)N1C(=O)[C@H]2[C@@H]3C(=O)O[C@H](c4ccccc4)CNC(=O)CC/C=C\CN(Cn4nnc5ccccc54)C(=O)[C@H]1[C@@]21C=C[C@@H]3O1. The molecule has 7 atom stereocenters. The van der Waals surface area contributed by atoms with Crippen LogP contribution < -0.4 is 5.32 Å². The Labute approximate surface area is 289 Å². The molecule has 4 aliphatic heterocycles. The molecule has 2 N–H and O–H groups in total. The lowest BCUT2D eigenvalue weighted by molar-refractivity contribution is -0.160. The van der Waals surface area contributed by atoms with E-state index >= 15 is 4.79 Å². The number of cyclic esters (lactones) is 1. The third kappa shape index (κ3) is 5.98. The monoisotopic (exact) mass is 682 g/mol. The summed E-state index contributed by atoms with van der Waals surface area (Å²) in [6, 6.07) is 14.7. The molecule has 0 aliphatic carbocycles. The third-order valence-corrected chi connectivity index (χ3v) is 10.1. The van der Waals surface area contributed by atoms with Crippen LogP contribution in [-0.2, 0) is 35.3 Å². The largest absolute Gasteiger partial charge is 0.455 e. The van der Waals surface area contributed by atoms with E-state index in [0.29, 0.717) is 23.9 Å². The first-order valence-corrected chi connectivity index (χ1v) is 17.3. The van der Waals surface area contributed by atoms with Gasteiger partial charge in [0.05, 0.1) is 36.7 Å². The predicted molar refractivity (Wildman–Crippen MR) is 181 cm³/mol. The summed E-state index contributed by atoms with van der Waals surface area (Å²) in [5, 5.41) is 22.2. The van der Waals surface area contributed by atoms with E-state index in [9.17, 15) is 19.5 Å². The maximum Gasteiger partial charge on any atom is 0.313 e. The summed E-state index contributed by atoms with van der Waals surface area (Å²) in [6.45, 7) is 3.79. The van der Waals surface area contributed by atoms with E-state index in [1.54, 1.807) is 21.7 Å². The fraction of sp³-hybridized carbons (Fsp3) is 0.459. The topological polar surface area (TPSA) is 156 Å². The van der Waals surface area contributed by atoms with Gasteiger partial charge >= 0.3 is 5.97 Å². The van der Waals surface area contributed by atoms with Crippen molar-refractivity contribution in [3.63, 3.8) is 0 Å². The molecule has 4 aliphatic rings. The number of nitrogens with zero attached hydrogens (tertiary/aromatic N) is 5. The van der Waals surface area contributed by atoms with E-state index in [0.717, 1.165) is 5.52 Å². The number of aliphatic hydroxyl groups is 1. The molecule has 2 aromatic carbocycles. The molecule has 5 heterocycles. The maximum absolute atomic E-state index is 15.1. The number of allylic oxidation sites excluding steroid dienone is 1.